The van der Waals surface area contributed by atoms with Gasteiger partial charge in [0.15, 0.2) is 0 Å². The Hall–Kier alpha value is -2.41. The molecule has 1 heterocycles. The summed E-state index contributed by atoms with van der Waals surface area (Å²) in [5.41, 5.74) is -0.0421. The lowest BCUT2D eigenvalue weighted by Gasteiger charge is -2.03. The average Bonchev–Trinajstić information content (AvgIpc) is 2.85. The zero-order valence-electron chi connectivity index (χ0n) is 8.79. The maximum atomic E-state index is 11.6. The van der Waals surface area contributed by atoms with E-state index in [1.165, 1.54) is 24.4 Å². The number of benzene rings is 1. The molecule has 0 aliphatic rings. The normalized spacial score (nSPS) is 10.1. The van der Waals surface area contributed by atoms with E-state index in [0.29, 0.717) is 0 Å². The van der Waals surface area contributed by atoms with E-state index >= 15 is 0 Å². The molecule has 1 N–H and O–H groups in total. The van der Waals surface area contributed by atoms with Crippen LogP contribution in [-0.4, -0.2) is 16.0 Å². The highest BCUT2D eigenvalue weighted by Gasteiger charge is 2.15. The molecule has 0 aliphatic heterocycles. The van der Waals surface area contributed by atoms with E-state index in [9.17, 15) is 14.9 Å². The Morgan fingerprint density at radius 3 is 2.83 bits per heavy atom. The molecule has 0 bridgehead atoms. The smallest absolute Gasteiger partial charge is 0.294 e. The van der Waals surface area contributed by atoms with Gasteiger partial charge >= 0.3 is 0 Å². The van der Waals surface area contributed by atoms with Crippen LogP contribution in [0.5, 0.6) is 0 Å². The van der Waals surface area contributed by atoms with Crippen molar-refractivity contribution in [1.82, 2.24) is 5.16 Å². The molecule has 2 rings (SSSR count). The largest absolute Gasteiger partial charge is 0.351 e. The Labute approximate surface area is 105 Å². The third kappa shape index (κ3) is 2.46. The van der Waals surface area contributed by atoms with E-state index in [4.69, 9.17) is 11.6 Å². The molecular formula is C10H6ClN3O4. The molecule has 8 heteroatoms. The lowest BCUT2D eigenvalue weighted by atomic mass is 10.2. The summed E-state index contributed by atoms with van der Waals surface area (Å²) in [7, 11) is 0. The molecule has 1 aromatic carbocycles. The van der Waals surface area contributed by atoms with E-state index in [2.05, 4.69) is 15.0 Å². The number of nitro benzene ring substituents is 1. The topological polar surface area (TPSA) is 98.3 Å². The van der Waals surface area contributed by atoms with E-state index < -0.39 is 10.8 Å². The Balaban J connectivity index is 2.22. The Morgan fingerprint density at radius 1 is 1.44 bits per heavy atom. The molecular weight excluding hydrogens is 262 g/mol. The molecule has 0 saturated heterocycles. The number of carbonyl (C=O) groups is 1. The second kappa shape index (κ2) is 4.84. The van der Waals surface area contributed by atoms with Crippen molar-refractivity contribution in [3.8, 4) is 0 Å². The summed E-state index contributed by atoms with van der Waals surface area (Å²) < 4.78 is 4.65. The molecule has 0 spiro atoms. The van der Waals surface area contributed by atoms with Crippen LogP contribution in [0.4, 0.5) is 11.4 Å². The van der Waals surface area contributed by atoms with Crippen molar-refractivity contribution in [1.29, 1.82) is 0 Å². The van der Waals surface area contributed by atoms with E-state index in [1.54, 1.807) is 0 Å². The number of nitro groups is 1. The molecule has 0 radical (unpaired) electrons. The number of hydrogen-bond donors (Lipinski definition) is 1. The van der Waals surface area contributed by atoms with Crippen LogP contribution in [0.1, 0.15) is 10.6 Å². The summed E-state index contributed by atoms with van der Waals surface area (Å²) in [6, 6.07) is 5.32. The van der Waals surface area contributed by atoms with Crippen molar-refractivity contribution < 1.29 is 14.2 Å². The molecule has 0 unspecified atom stereocenters. The van der Waals surface area contributed by atoms with E-state index in [1.807, 2.05) is 0 Å². The van der Waals surface area contributed by atoms with Crippen LogP contribution in [0.25, 0.3) is 0 Å². The second-order valence-electron chi connectivity index (χ2n) is 3.25. The molecule has 0 aliphatic carbocycles. The molecule has 18 heavy (non-hydrogen) atoms. The van der Waals surface area contributed by atoms with Gasteiger partial charge in [0, 0.05) is 17.8 Å². The van der Waals surface area contributed by atoms with Crippen LogP contribution in [0.15, 0.2) is 35.0 Å². The first kappa shape index (κ1) is 12.1. The molecule has 92 valence electrons. The average molecular weight is 268 g/mol. The van der Waals surface area contributed by atoms with Crippen LogP contribution in [0.3, 0.4) is 0 Å². The standard InChI is InChI=1S/C10H6ClN3O4/c11-7-2-1-6(5-8(7)14(16)17)13-10(15)9-3-4-12-18-9/h1-5H,(H,13,15). The fourth-order valence-electron chi connectivity index (χ4n) is 1.26. The van der Waals surface area contributed by atoms with Gasteiger partial charge in [-0.15, -0.1) is 0 Å². The number of hydrogen-bond acceptors (Lipinski definition) is 5. The minimum atomic E-state index is -0.633. The first-order chi connectivity index (χ1) is 8.58. The summed E-state index contributed by atoms with van der Waals surface area (Å²) in [5, 5.41) is 16.5. The highest BCUT2D eigenvalue weighted by atomic mass is 35.5. The summed E-state index contributed by atoms with van der Waals surface area (Å²) in [6.45, 7) is 0. The number of nitrogens with one attached hydrogen (secondary N) is 1. The maximum absolute atomic E-state index is 11.6. The van der Waals surface area contributed by atoms with Crippen molar-refractivity contribution in [3.05, 3.63) is 51.4 Å². The Morgan fingerprint density at radius 2 is 2.22 bits per heavy atom. The van der Waals surface area contributed by atoms with Crippen LogP contribution in [-0.2, 0) is 0 Å². The Kier molecular flexibility index (Phi) is 3.24. The lowest BCUT2D eigenvalue weighted by Crippen LogP contribution is -2.11. The van der Waals surface area contributed by atoms with Crippen molar-refractivity contribution in [2.75, 3.05) is 5.32 Å². The second-order valence-corrected chi connectivity index (χ2v) is 3.66. The number of halogens is 1. The maximum Gasteiger partial charge on any atom is 0.294 e. The highest BCUT2D eigenvalue weighted by molar-refractivity contribution is 6.32. The molecule has 0 fully saturated rings. The quantitative estimate of drug-likeness (QED) is 0.680. The summed E-state index contributed by atoms with van der Waals surface area (Å²) in [6.07, 6.45) is 1.32. The number of amides is 1. The third-order valence-electron chi connectivity index (χ3n) is 2.06. The number of rotatable bonds is 3. The van der Waals surface area contributed by atoms with Crippen LogP contribution >= 0.6 is 11.6 Å². The Bertz CT molecular complexity index is 597. The lowest BCUT2D eigenvalue weighted by molar-refractivity contribution is -0.384. The van der Waals surface area contributed by atoms with Gasteiger partial charge in [-0.25, -0.2) is 0 Å². The molecule has 7 nitrogen and oxygen atoms in total. The first-order valence-corrected chi connectivity index (χ1v) is 5.11. The van der Waals surface area contributed by atoms with Gasteiger partial charge < -0.3 is 9.84 Å². The van der Waals surface area contributed by atoms with Crippen molar-refractivity contribution in [2.45, 2.75) is 0 Å². The van der Waals surface area contributed by atoms with Gasteiger partial charge in [-0.05, 0) is 12.1 Å². The number of anilines is 1. The zero-order valence-corrected chi connectivity index (χ0v) is 9.55. The van der Waals surface area contributed by atoms with Gasteiger partial charge in [-0.1, -0.05) is 16.8 Å². The summed E-state index contributed by atoms with van der Waals surface area (Å²) >= 11 is 5.64. The van der Waals surface area contributed by atoms with Crippen molar-refractivity contribution in [3.63, 3.8) is 0 Å². The SMILES string of the molecule is O=C(Nc1ccc(Cl)c([N+](=O)[O-])c1)c1ccno1. The molecule has 0 saturated carbocycles. The van der Waals surface area contributed by atoms with Crippen molar-refractivity contribution >= 4 is 28.9 Å². The number of carbonyl (C=O) groups excluding carboxylic acids is 1. The van der Waals surface area contributed by atoms with Crippen molar-refractivity contribution in [2.24, 2.45) is 0 Å². The zero-order chi connectivity index (χ0) is 13.1. The highest BCUT2D eigenvalue weighted by Crippen LogP contribution is 2.27. The van der Waals surface area contributed by atoms with Gasteiger partial charge in [0.1, 0.15) is 5.02 Å². The number of aromatic nitrogens is 1. The molecule has 1 aromatic heterocycles. The monoisotopic (exact) mass is 267 g/mol. The van der Waals surface area contributed by atoms with Gasteiger partial charge in [-0.3, -0.25) is 14.9 Å². The fraction of sp³-hybridized carbons (Fsp3) is 0. The van der Waals surface area contributed by atoms with Crippen LogP contribution in [0, 0.1) is 10.1 Å². The number of nitrogens with zero attached hydrogens (tertiary/aromatic N) is 2. The molecule has 0 atom stereocenters. The van der Waals surface area contributed by atoms with Gasteiger partial charge in [0.2, 0.25) is 5.76 Å². The molecule has 2 aromatic rings. The summed E-state index contributed by atoms with van der Waals surface area (Å²) in [4.78, 5) is 21.6. The minimum Gasteiger partial charge on any atom is -0.351 e. The molecule has 1 amide bonds. The minimum absolute atomic E-state index is 0.00216. The van der Waals surface area contributed by atoms with Crippen LogP contribution in [0.2, 0.25) is 5.02 Å². The van der Waals surface area contributed by atoms with Gasteiger partial charge in [0.25, 0.3) is 11.6 Å². The summed E-state index contributed by atoms with van der Waals surface area (Å²) in [5.74, 6) is -0.545. The predicted molar refractivity (Wildman–Crippen MR) is 62.6 cm³/mol. The van der Waals surface area contributed by atoms with Gasteiger partial charge in [0.05, 0.1) is 11.1 Å². The predicted octanol–water partition coefficient (Wildman–Crippen LogP) is 2.49. The van der Waals surface area contributed by atoms with Gasteiger partial charge in [-0.2, -0.15) is 0 Å². The van der Waals surface area contributed by atoms with Crippen LogP contribution < -0.4 is 5.32 Å². The fourth-order valence-corrected chi connectivity index (χ4v) is 1.44. The third-order valence-corrected chi connectivity index (χ3v) is 2.38. The van der Waals surface area contributed by atoms with E-state index in [-0.39, 0.29) is 22.2 Å². The first-order valence-electron chi connectivity index (χ1n) is 4.74. The van der Waals surface area contributed by atoms with E-state index in [0.717, 1.165) is 6.07 Å².